The zero-order valence-electron chi connectivity index (χ0n) is 13.6. The predicted octanol–water partition coefficient (Wildman–Crippen LogP) is 0.920. The van der Waals surface area contributed by atoms with E-state index < -0.39 is 0 Å². The number of rotatable bonds is 2. The Kier molecular flexibility index (Phi) is 4.36. The standard InChI is InChI=1S/C17H26N4O/c1-20(2)15-5-3-14(4-6-15)16(22)21-11-7-17(8-12-21)13-18-9-10-19-17/h3-6,18-19H,7-13H2,1-2H3. The summed E-state index contributed by atoms with van der Waals surface area (Å²) in [7, 11) is 4.01. The highest BCUT2D eigenvalue weighted by molar-refractivity contribution is 5.94. The number of amides is 1. The van der Waals surface area contributed by atoms with Crippen molar-refractivity contribution in [3.63, 3.8) is 0 Å². The molecule has 0 bridgehead atoms. The van der Waals surface area contributed by atoms with E-state index in [1.54, 1.807) is 0 Å². The van der Waals surface area contributed by atoms with E-state index in [1.807, 2.05) is 48.2 Å². The lowest BCUT2D eigenvalue weighted by molar-refractivity contribution is 0.0624. The summed E-state index contributed by atoms with van der Waals surface area (Å²) >= 11 is 0. The smallest absolute Gasteiger partial charge is 0.253 e. The Labute approximate surface area is 132 Å². The fourth-order valence-electron chi connectivity index (χ4n) is 3.38. The van der Waals surface area contributed by atoms with Gasteiger partial charge < -0.3 is 20.4 Å². The molecule has 2 aliphatic rings. The number of piperazine rings is 1. The minimum atomic E-state index is 0.156. The van der Waals surface area contributed by atoms with Crippen LogP contribution in [0.15, 0.2) is 24.3 Å². The average Bonchev–Trinajstić information content (AvgIpc) is 2.56. The number of nitrogens with one attached hydrogen (secondary N) is 2. The van der Waals surface area contributed by atoms with Crippen LogP contribution in [-0.2, 0) is 0 Å². The van der Waals surface area contributed by atoms with Crippen molar-refractivity contribution in [3.05, 3.63) is 29.8 Å². The number of anilines is 1. The van der Waals surface area contributed by atoms with E-state index in [2.05, 4.69) is 10.6 Å². The number of nitrogens with zero attached hydrogens (tertiary/aromatic N) is 2. The first-order chi connectivity index (χ1) is 10.6. The van der Waals surface area contributed by atoms with Crippen LogP contribution in [0.4, 0.5) is 5.69 Å². The maximum Gasteiger partial charge on any atom is 0.253 e. The Balaban J connectivity index is 1.61. The largest absolute Gasteiger partial charge is 0.378 e. The van der Waals surface area contributed by atoms with E-state index in [0.29, 0.717) is 0 Å². The van der Waals surface area contributed by atoms with Crippen LogP contribution in [0.3, 0.4) is 0 Å². The van der Waals surface area contributed by atoms with E-state index >= 15 is 0 Å². The van der Waals surface area contributed by atoms with Gasteiger partial charge in [0.15, 0.2) is 0 Å². The Bertz CT molecular complexity index is 510. The molecule has 22 heavy (non-hydrogen) atoms. The summed E-state index contributed by atoms with van der Waals surface area (Å²) in [6, 6.07) is 7.88. The molecule has 0 radical (unpaired) electrons. The predicted molar refractivity (Wildman–Crippen MR) is 89.5 cm³/mol. The van der Waals surface area contributed by atoms with Gasteiger partial charge in [-0.15, -0.1) is 0 Å². The molecule has 0 aromatic heterocycles. The molecule has 0 unspecified atom stereocenters. The Hall–Kier alpha value is -1.59. The minimum Gasteiger partial charge on any atom is -0.378 e. The third-order valence-electron chi connectivity index (χ3n) is 4.90. The van der Waals surface area contributed by atoms with Crippen LogP contribution < -0.4 is 15.5 Å². The molecule has 2 saturated heterocycles. The van der Waals surface area contributed by atoms with E-state index in [1.165, 1.54) is 0 Å². The van der Waals surface area contributed by atoms with Gasteiger partial charge in [0, 0.05) is 63.6 Å². The molecular formula is C17H26N4O. The van der Waals surface area contributed by atoms with Crippen molar-refractivity contribution >= 4 is 11.6 Å². The molecule has 1 spiro atoms. The van der Waals surface area contributed by atoms with Crippen LogP contribution >= 0.6 is 0 Å². The molecule has 0 aliphatic carbocycles. The fraction of sp³-hybridized carbons (Fsp3) is 0.588. The summed E-state index contributed by atoms with van der Waals surface area (Å²) in [5, 5.41) is 7.11. The molecule has 1 amide bonds. The van der Waals surface area contributed by atoms with Crippen molar-refractivity contribution in [1.29, 1.82) is 0 Å². The van der Waals surface area contributed by atoms with Crippen molar-refractivity contribution in [3.8, 4) is 0 Å². The molecule has 3 rings (SSSR count). The van der Waals surface area contributed by atoms with Gasteiger partial charge in [-0.25, -0.2) is 0 Å². The lowest BCUT2D eigenvalue weighted by atomic mass is 9.86. The third-order valence-corrected chi connectivity index (χ3v) is 4.90. The maximum atomic E-state index is 12.6. The van der Waals surface area contributed by atoms with Gasteiger partial charge in [-0.2, -0.15) is 0 Å². The quantitative estimate of drug-likeness (QED) is 0.853. The highest BCUT2D eigenvalue weighted by Crippen LogP contribution is 2.24. The number of carbonyl (C=O) groups is 1. The van der Waals surface area contributed by atoms with Gasteiger partial charge in [-0.1, -0.05) is 0 Å². The summed E-state index contributed by atoms with van der Waals surface area (Å²) in [4.78, 5) is 16.7. The zero-order chi connectivity index (χ0) is 15.6. The fourth-order valence-corrected chi connectivity index (χ4v) is 3.38. The maximum absolute atomic E-state index is 12.6. The lowest BCUT2D eigenvalue weighted by Gasteiger charge is -2.45. The number of benzene rings is 1. The van der Waals surface area contributed by atoms with Crippen LogP contribution in [0, 0.1) is 0 Å². The normalized spacial score (nSPS) is 20.9. The SMILES string of the molecule is CN(C)c1ccc(C(=O)N2CCC3(CC2)CNCCN3)cc1. The summed E-state index contributed by atoms with van der Waals surface area (Å²) in [6.07, 6.45) is 2.06. The molecule has 0 atom stereocenters. The summed E-state index contributed by atoms with van der Waals surface area (Å²) in [5.41, 5.74) is 2.10. The van der Waals surface area contributed by atoms with Crippen molar-refractivity contribution in [2.24, 2.45) is 0 Å². The Morgan fingerprint density at radius 2 is 1.82 bits per heavy atom. The van der Waals surface area contributed by atoms with Gasteiger partial charge in [-0.05, 0) is 37.1 Å². The molecule has 2 N–H and O–H groups in total. The van der Waals surface area contributed by atoms with E-state index in [0.717, 1.165) is 56.8 Å². The van der Waals surface area contributed by atoms with Gasteiger partial charge >= 0.3 is 0 Å². The van der Waals surface area contributed by atoms with E-state index in [4.69, 9.17) is 0 Å². The van der Waals surface area contributed by atoms with Crippen LogP contribution in [0.2, 0.25) is 0 Å². The second kappa shape index (κ2) is 6.26. The van der Waals surface area contributed by atoms with Gasteiger partial charge in [0.05, 0.1) is 0 Å². The molecular weight excluding hydrogens is 276 g/mol. The Morgan fingerprint density at radius 3 is 2.36 bits per heavy atom. The van der Waals surface area contributed by atoms with Crippen molar-refractivity contribution in [2.75, 3.05) is 51.7 Å². The van der Waals surface area contributed by atoms with Crippen molar-refractivity contribution in [1.82, 2.24) is 15.5 Å². The lowest BCUT2D eigenvalue weighted by Crippen LogP contribution is -2.63. The van der Waals surface area contributed by atoms with Gasteiger partial charge in [-0.3, -0.25) is 4.79 Å². The van der Waals surface area contributed by atoms with Crippen LogP contribution in [0.5, 0.6) is 0 Å². The highest BCUT2D eigenvalue weighted by Gasteiger charge is 2.36. The molecule has 120 valence electrons. The molecule has 1 aromatic carbocycles. The first kappa shape index (κ1) is 15.3. The molecule has 0 saturated carbocycles. The first-order valence-corrected chi connectivity index (χ1v) is 8.12. The number of likely N-dealkylation sites (tertiary alicyclic amines) is 1. The number of carbonyl (C=O) groups excluding carboxylic acids is 1. The topological polar surface area (TPSA) is 47.6 Å². The molecule has 5 nitrogen and oxygen atoms in total. The van der Waals surface area contributed by atoms with E-state index in [-0.39, 0.29) is 11.4 Å². The average molecular weight is 302 g/mol. The van der Waals surface area contributed by atoms with Crippen LogP contribution in [0.1, 0.15) is 23.2 Å². The summed E-state index contributed by atoms with van der Waals surface area (Å²) < 4.78 is 0. The second-order valence-electron chi connectivity index (χ2n) is 6.62. The molecule has 2 fully saturated rings. The molecule has 2 heterocycles. The summed E-state index contributed by atoms with van der Waals surface area (Å²) in [5.74, 6) is 0.156. The van der Waals surface area contributed by atoms with E-state index in [9.17, 15) is 4.79 Å². The molecule has 5 heteroatoms. The molecule has 2 aliphatic heterocycles. The number of hydrogen-bond donors (Lipinski definition) is 2. The first-order valence-electron chi connectivity index (χ1n) is 8.12. The van der Waals surface area contributed by atoms with Crippen molar-refractivity contribution in [2.45, 2.75) is 18.4 Å². The van der Waals surface area contributed by atoms with Gasteiger partial charge in [0.25, 0.3) is 5.91 Å². The van der Waals surface area contributed by atoms with Crippen molar-refractivity contribution < 1.29 is 4.79 Å². The van der Waals surface area contributed by atoms with Crippen LogP contribution in [-0.4, -0.2) is 63.2 Å². The second-order valence-corrected chi connectivity index (χ2v) is 6.62. The Morgan fingerprint density at radius 1 is 1.14 bits per heavy atom. The number of hydrogen-bond acceptors (Lipinski definition) is 4. The number of piperidine rings is 1. The van der Waals surface area contributed by atoms with Gasteiger partial charge in [0.2, 0.25) is 0 Å². The monoisotopic (exact) mass is 302 g/mol. The van der Waals surface area contributed by atoms with Crippen LogP contribution in [0.25, 0.3) is 0 Å². The molecule has 1 aromatic rings. The minimum absolute atomic E-state index is 0.156. The summed E-state index contributed by atoms with van der Waals surface area (Å²) in [6.45, 7) is 4.76. The highest BCUT2D eigenvalue weighted by atomic mass is 16.2. The zero-order valence-corrected chi connectivity index (χ0v) is 13.6. The van der Waals surface area contributed by atoms with Gasteiger partial charge in [0.1, 0.15) is 0 Å². The third kappa shape index (κ3) is 3.10.